The summed E-state index contributed by atoms with van der Waals surface area (Å²) in [7, 11) is 0. The standard InChI is InChI=1S/C15H20N2O.C3H6O2/c18-15(11-17-8-2-1-3-9-17)13-4-5-14-12(10-13)6-7-16-14;1-2-5-3-4/h4-7,10,15-16,18H,1-3,8-9,11H2;3H,2H2,1H3. The van der Waals surface area contributed by atoms with Gasteiger partial charge in [0, 0.05) is 18.3 Å². The fraction of sp³-hybridized carbons (Fsp3) is 0.500. The molecule has 1 atom stereocenters. The number of aliphatic hydroxyl groups is 1. The van der Waals surface area contributed by atoms with E-state index in [0.717, 1.165) is 30.7 Å². The summed E-state index contributed by atoms with van der Waals surface area (Å²) in [5, 5.41) is 11.5. The zero-order valence-corrected chi connectivity index (χ0v) is 13.7. The van der Waals surface area contributed by atoms with Crippen molar-refractivity contribution in [3.8, 4) is 0 Å². The maximum atomic E-state index is 10.3. The summed E-state index contributed by atoms with van der Waals surface area (Å²) in [6.07, 6.45) is 5.43. The summed E-state index contributed by atoms with van der Waals surface area (Å²) in [6.45, 7) is 5.68. The topological polar surface area (TPSA) is 65.6 Å². The number of aliphatic hydroxyl groups excluding tert-OH is 1. The van der Waals surface area contributed by atoms with Crippen LogP contribution in [0.4, 0.5) is 0 Å². The number of nitrogens with zero attached hydrogens (tertiary/aromatic N) is 1. The maximum absolute atomic E-state index is 10.3. The first kappa shape index (κ1) is 17.5. The van der Waals surface area contributed by atoms with Gasteiger partial charge >= 0.3 is 0 Å². The van der Waals surface area contributed by atoms with Gasteiger partial charge in [-0.2, -0.15) is 0 Å². The molecule has 5 heteroatoms. The summed E-state index contributed by atoms with van der Waals surface area (Å²) in [6, 6.07) is 8.20. The van der Waals surface area contributed by atoms with Crippen LogP contribution in [0.15, 0.2) is 30.5 Å². The van der Waals surface area contributed by atoms with Crippen molar-refractivity contribution in [1.29, 1.82) is 0 Å². The summed E-state index contributed by atoms with van der Waals surface area (Å²) in [5.74, 6) is 0. The molecule has 1 fully saturated rings. The monoisotopic (exact) mass is 318 g/mol. The van der Waals surface area contributed by atoms with E-state index in [0.29, 0.717) is 13.1 Å². The first-order chi connectivity index (χ1) is 11.2. The molecule has 0 amide bonds. The summed E-state index contributed by atoms with van der Waals surface area (Å²) >= 11 is 0. The van der Waals surface area contributed by atoms with Crippen LogP contribution in [0, 0.1) is 0 Å². The molecule has 1 aromatic heterocycles. The number of nitrogens with one attached hydrogen (secondary N) is 1. The van der Waals surface area contributed by atoms with Crippen molar-refractivity contribution < 1.29 is 14.6 Å². The Kier molecular flexibility index (Phi) is 7.10. The maximum Gasteiger partial charge on any atom is 0.293 e. The highest BCUT2D eigenvalue weighted by molar-refractivity contribution is 5.80. The van der Waals surface area contributed by atoms with E-state index in [1.54, 1.807) is 6.92 Å². The van der Waals surface area contributed by atoms with Gasteiger partial charge < -0.3 is 19.7 Å². The molecule has 126 valence electrons. The van der Waals surface area contributed by atoms with E-state index in [4.69, 9.17) is 0 Å². The average Bonchev–Trinajstić information content (AvgIpc) is 3.04. The molecule has 1 saturated heterocycles. The number of carbonyl (C=O) groups excluding carboxylic acids is 1. The van der Waals surface area contributed by atoms with Crippen molar-refractivity contribution >= 4 is 17.4 Å². The third kappa shape index (κ3) is 5.37. The Morgan fingerprint density at radius 2 is 2.09 bits per heavy atom. The average molecular weight is 318 g/mol. The van der Waals surface area contributed by atoms with Gasteiger partial charge in [0.2, 0.25) is 0 Å². The van der Waals surface area contributed by atoms with Crippen molar-refractivity contribution in [2.75, 3.05) is 26.2 Å². The second-order valence-electron chi connectivity index (χ2n) is 5.75. The number of aromatic nitrogens is 1. The molecule has 23 heavy (non-hydrogen) atoms. The molecule has 2 heterocycles. The van der Waals surface area contributed by atoms with Crippen LogP contribution in [-0.2, 0) is 9.53 Å². The van der Waals surface area contributed by atoms with E-state index in [1.165, 1.54) is 24.6 Å². The molecule has 2 aromatic rings. The van der Waals surface area contributed by atoms with Crippen LogP contribution in [0.25, 0.3) is 10.9 Å². The van der Waals surface area contributed by atoms with Gasteiger partial charge in [-0.15, -0.1) is 0 Å². The Hall–Kier alpha value is -1.85. The fourth-order valence-electron chi connectivity index (χ4n) is 2.84. The van der Waals surface area contributed by atoms with E-state index >= 15 is 0 Å². The number of H-pyrrole nitrogens is 1. The van der Waals surface area contributed by atoms with Crippen LogP contribution in [-0.4, -0.2) is 47.7 Å². The second-order valence-corrected chi connectivity index (χ2v) is 5.75. The molecule has 1 unspecified atom stereocenters. The number of hydrogen-bond donors (Lipinski definition) is 2. The van der Waals surface area contributed by atoms with Crippen LogP contribution in [0.1, 0.15) is 37.9 Å². The van der Waals surface area contributed by atoms with Crippen molar-refractivity contribution in [2.45, 2.75) is 32.3 Å². The van der Waals surface area contributed by atoms with Crippen molar-refractivity contribution in [3.63, 3.8) is 0 Å². The zero-order valence-electron chi connectivity index (χ0n) is 13.7. The first-order valence-corrected chi connectivity index (χ1v) is 8.27. The molecule has 5 nitrogen and oxygen atoms in total. The lowest BCUT2D eigenvalue weighted by molar-refractivity contribution is -0.128. The second kappa shape index (κ2) is 9.33. The van der Waals surface area contributed by atoms with Crippen LogP contribution < -0.4 is 0 Å². The minimum absolute atomic E-state index is 0.373. The number of rotatable bonds is 5. The Balaban J connectivity index is 0.000000338. The molecule has 1 aliphatic rings. The van der Waals surface area contributed by atoms with E-state index in [9.17, 15) is 9.90 Å². The molecule has 2 N–H and O–H groups in total. The van der Waals surface area contributed by atoms with Crippen LogP contribution >= 0.6 is 0 Å². The van der Waals surface area contributed by atoms with Gasteiger partial charge in [0.25, 0.3) is 6.47 Å². The smallest absolute Gasteiger partial charge is 0.293 e. The number of hydrogen-bond acceptors (Lipinski definition) is 4. The number of piperidine rings is 1. The molecule has 0 saturated carbocycles. The molecule has 0 spiro atoms. The molecular formula is C18H26N2O3. The molecule has 3 rings (SSSR count). The number of fused-ring (bicyclic) bond motifs is 1. The highest BCUT2D eigenvalue weighted by Crippen LogP contribution is 2.21. The molecule has 1 aromatic carbocycles. The van der Waals surface area contributed by atoms with E-state index in [-0.39, 0.29) is 6.10 Å². The number of likely N-dealkylation sites (tertiary alicyclic amines) is 1. The molecule has 1 aliphatic heterocycles. The van der Waals surface area contributed by atoms with Crippen LogP contribution in [0.3, 0.4) is 0 Å². The number of carbonyl (C=O) groups is 1. The van der Waals surface area contributed by atoms with Crippen molar-refractivity contribution in [1.82, 2.24) is 9.88 Å². The minimum Gasteiger partial charge on any atom is -0.468 e. The lowest BCUT2D eigenvalue weighted by Crippen LogP contribution is -2.33. The molecular weight excluding hydrogens is 292 g/mol. The van der Waals surface area contributed by atoms with Gasteiger partial charge in [-0.25, -0.2) is 0 Å². The number of β-amino-alcohol motifs (C(OH)–C–C–N with tert-alkyl or cyclic N) is 1. The third-order valence-corrected chi connectivity index (χ3v) is 4.08. The van der Waals surface area contributed by atoms with Gasteiger partial charge in [-0.3, -0.25) is 4.79 Å². The minimum atomic E-state index is -0.373. The lowest BCUT2D eigenvalue weighted by Gasteiger charge is -2.28. The van der Waals surface area contributed by atoms with E-state index in [2.05, 4.69) is 20.7 Å². The number of benzene rings is 1. The van der Waals surface area contributed by atoms with Crippen molar-refractivity contribution in [3.05, 3.63) is 36.0 Å². The van der Waals surface area contributed by atoms with Gasteiger partial charge in [0.1, 0.15) is 0 Å². The Bertz CT molecular complexity index is 591. The third-order valence-electron chi connectivity index (χ3n) is 4.08. The fourth-order valence-corrected chi connectivity index (χ4v) is 2.84. The lowest BCUT2D eigenvalue weighted by atomic mass is 10.1. The largest absolute Gasteiger partial charge is 0.468 e. The van der Waals surface area contributed by atoms with Gasteiger partial charge in [-0.05, 0) is 62.0 Å². The summed E-state index contributed by atoms with van der Waals surface area (Å²) in [5.41, 5.74) is 2.15. The molecule has 0 radical (unpaired) electrons. The highest BCUT2D eigenvalue weighted by Gasteiger charge is 2.16. The van der Waals surface area contributed by atoms with Gasteiger partial charge in [0.05, 0.1) is 12.7 Å². The van der Waals surface area contributed by atoms with E-state index in [1.807, 2.05) is 24.4 Å². The Morgan fingerprint density at radius 3 is 2.74 bits per heavy atom. The zero-order chi connectivity index (χ0) is 16.5. The Morgan fingerprint density at radius 1 is 1.30 bits per heavy atom. The quantitative estimate of drug-likeness (QED) is 0.832. The van der Waals surface area contributed by atoms with Crippen molar-refractivity contribution in [2.24, 2.45) is 0 Å². The first-order valence-electron chi connectivity index (χ1n) is 8.27. The van der Waals surface area contributed by atoms with Gasteiger partial charge in [0.15, 0.2) is 0 Å². The Labute approximate surface area is 137 Å². The highest BCUT2D eigenvalue weighted by atomic mass is 16.5. The predicted octanol–water partition coefficient (Wildman–Crippen LogP) is 2.87. The van der Waals surface area contributed by atoms with Gasteiger partial charge in [-0.1, -0.05) is 12.5 Å². The predicted molar refractivity (Wildman–Crippen MR) is 91.2 cm³/mol. The molecule has 0 aliphatic carbocycles. The summed E-state index contributed by atoms with van der Waals surface area (Å²) in [4.78, 5) is 14.7. The number of aromatic amines is 1. The normalized spacial score (nSPS) is 16.4. The summed E-state index contributed by atoms with van der Waals surface area (Å²) < 4.78 is 4.15. The van der Waals surface area contributed by atoms with Crippen LogP contribution in [0.2, 0.25) is 0 Å². The van der Waals surface area contributed by atoms with E-state index < -0.39 is 0 Å². The number of ether oxygens (including phenoxy) is 1. The molecule has 0 bridgehead atoms. The van der Waals surface area contributed by atoms with Crippen LogP contribution in [0.5, 0.6) is 0 Å². The SMILES string of the molecule is CCOC=O.OC(CN1CCCCC1)c1ccc2[nH]ccc2c1.